The minimum absolute atomic E-state index is 0.230. The van der Waals surface area contributed by atoms with Crippen LogP contribution in [-0.4, -0.2) is 21.7 Å². The van der Waals surface area contributed by atoms with Crippen LogP contribution in [-0.2, 0) is 10.0 Å². The standard InChI is InChI=1S/C14H15N3O2S/c1-15-20(18,19)14-9-7-12(8-10-14)11-16-17-13-5-3-2-4-6-13/h2-11,15,17H,1H3. The van der Waals surface area contributed by atoms with Crippen molar-refractivity contribution in [3.05, 3.63) is 60.2 Å². The van der Waals surface area contributed by atoms with Gasteiger partial charge < -0.3 is 0 Å². The van der Waals surface area contributed by atoms with Gasteiger partial charge in [0.25, 0.3) is 0 Å². The summed E-state index contributed by atoms with van der Waals surface area (Å²) in [4.78, 5) is 0.230. The third-order valence-electron chi connectivity index (χ3n) is 2.64. The maximum absolute atomic E-state index is 11.6. The highest BCUT2D eigenvalue weighted by Gasteiger charge is 2.09. The van der Waals surface area contributed by atoms with Gasteiger partial charge in [-0.15, -0.1) is 0 Å². The molecule has 20 heavy (non-hydrogen) atoms. The second-order valence-corrected chi connectivity index (χ2v) is 5.90. The van der Waals surface area contributed by atoms with Crippen LogP contribution < -0.4 is 10.1 Å². The van der Waals surface area contributed by atoms with E-state index >= 15 is 0 Å². The van der Waals surface area contributed by atoms with Crippen molar-refractivity contribution in [3.63, 3.8) is 0 Å². The van der Waals surface area contributed by atoms with Gasteiger partial charge in [0.1, 0.15) is 0 Å². The molecule has 2 aromatic rings. The molecule has 0 amide bonds. The lowest BCUT2D eigenvalue weighted by atomic mass is 10.2. The van der Waals surface area contributed by atoms with E-state index in [1.807, 2.05) is 30.3 Å². The molecule has 0 bridgehead atoms. The second kappa shape index (κ2) is 6.31. The molecule has 0 spiro atoms. The first-order valence-electron chi connectivity index (χ1n) is 5.99. The number of nitrogens with one attached hydrogen (secondary N) is 2. The Balaban J connectivity index is 2.04. The number of nitrogens with zero attached hydrogens (tertiary/aromatic N) is 1. The van der Waals surface area contributed by atoms with E-state index in [9.17, 15) is 8.42 Å². The van der Waals surface area contributed by atoms with Crippen LogP contribution >= 0.6 is 0 Å². The van der Waals surface area contributed by atoms with Gasteiger partial charge in [-0.2, -0.15) is 5.10 Å². The Morgan fingerprint density at radius 2 is 1.65 bits per heavy atom. The first-order chi connectivity index (χ1) is 9.62. The molecule has 0 saturated carbocycles. The lowest BCUT2D eigenvalue weighted by Crippen LogP contribution is -2.18. The zero-order valence-corrected chi connectivity index (χ0v) is 11.8. The molecule has 0 atom stereocenters. The smallest absolute Gasteiger partial charge is 0.240 e. The van der Waals surface area contributed by atoms with E-state index in [1.54, 1.807) is 18.3 Å². The fourth-order valence-corrected chi connectivity index (χ4v) is 2.28. The average molecular weight is 289 g/mol. The van der Waals surface area contributed by atoms with Crippen molar-refractivity contribution >= 4 is 21.9 Å². The summed E-state index contributed by atoms with van der Waals surface area (Å²) in [5.74, 6) is 0. The molecule has 0 aliphatic rings. The van der Waals surface area contributed by atoms with E-state index in [4.69, 9.17) is 0 Å². The number of anilines is 1. The van der Waals surface area contributed by atoms with Crippen molar-refractivity contribution in [2.45, 2.75) is 4.90 Å². The molecule has 0 unspecified atom stereocenters. The third kappa shape index (κ3) is 3.66. The lowest BCUT2D eigenvalue weighted by molar-refractivity contribution is 0.588. The summed E-state index contributed by atoms with van der Waals surface area (Å²) < 4.78 is 25.4. The van der Waals surface area contributed by atoms with Crippen LogP contribution in [0, 0.1) is 0 Å². The fourth-order valence-electron chi connectivity index (χ4n) is 1.54. The number of hydrogen-bond donors (Lipinski definition) is 2. The monoisotopic (exact) mass is 289 g/mol. The lowest BCUT2D eigenvalue weighted by Gasteiger charge is -2.02. The summed E-state index contributed by atoms with van der Waals surface area (Å²) in [7, 11) is -2.01. The zero-order chi connectivity index (χ0) is 14.4. The molecule has 104 valence electrons. The Hall–Kier alpha value is -2.18. The van der Waals surface area contributed by atoms with Crippen molar-refractivity contribution in [1.82, 2.24) is 4.72 Å². The van der Waals surface area contributed by atoms with Crippen molar-refractivity contribution in [3.8, 4) is 0 Å². The Labute approximate surface area is 118 Å². The summed E-state index contributed by atoms with van der Waals surface area (Å²) >= 11 is 0. The minimum atomic E-state index is -3.39. The summed E-state index contributed by atoms with van der Waals surface area (Å²) in [6.07, 6.45) is 1.63. The Kier molecular flexibility index (Phi) is 4.49. The highest BCUT2D eigenvalue weighted by Crippen LogP contribution is 2.09. The van der Waals surface area contributed by atoms with Gasteiger partial charge in [0.15, 0.2) is 0 Å². The van der Waals surface area contributed by atoms with Crippen molar-refractivity contribution in [1.29, 1.82) is 0 Å². The average Bonchev–Trinajstić information content (AvgIpc) is 2.49. The maximum atomic E-state index is 11.6. The van der Waals surface area contributed by atoms with E-state index < -0.39 is 10.0 Å². The molecule has 5 nitrogen and oxygen atoms in total. The molecule has 0 aliphatic heterocycles. The normalized spacial score (nSPS) is 11.7. The summed E-state index contributed by atoms with van der Waals surface area (Å²) in [5, 5.41) is 4.08. The number of rotatable bonds is 5. The Bertz CT molecular complexity index is 680. The highest BCUT2D eigenvalue weighted by molar-refractivity contribution is 7.89. The van der Waals surface area contributed by atoms with Gasteiger partial charge in [-0.1, -0.05) is 30.3 Å². The highest BCUT2D eigenvalue weighted by atomic mass is 32.2. The molecule has 0 radical (unpaired) electrons. The van der Waals surface area contributed by atoms with Crippen LogP contribution in [0.15, 0.2) is 64.6 Å². The number of hydrazone groups is 1. The molecule has 0 fully saturated rings. The van der Waals surface area contributed by atoms with Gasteiger partial charge in [-0.05, 0) is 36.9 Å². The van der Waals surface area contributed by atoms with E-state index in [2.05, 4.69) is 15.2 Å². The van der Waals surface area contributed by atoms with Crippen molar-refractivity contribution in [2.75, 3.05) is 12.5 Å². The van der Waals surface area contributed by atoms with Crippen LogP contribution in [0.1, 0.15) is 5.56 Å². The predicted octanol–water partition coefficient (Wildman–Crippen LogP) is 2.04. The third-order valence-corrected chi connectivity index (χ3v) is 4.07. The van der Waals surface area contributed by atoms with Crippen molar-refractivity contribution < 1.29 is 8.42 Å². The quantitative estimate of drug-likeness (QED) is 0.653. The van der Waals surface area contributed by atoms with E-state index in [1.165, 1.54) is 19.2 Å². The van der Waals surface area contributed by atoms with E-state index in [0.29, 0.717) is 0 Å². The molecule has 2 aromatic carbocycles. The van der Waals surface area contributed by atoms with E-state index in [-0.39, 0.29) is 4.90 Å². The number of sulfonamides is 1. The second-order valence-electron chi connectivity index (χ2n) is 4.01. The molecular weight excluding hydrogens is 274 g/mol. The van der Waals surface area contributed by atoms with Crippen LogP contribution in [0.25, 0.3) is 0 Å². The maximum Gasteiger partial charge on any atom is 0.240 e. The summed E-state index contributed by atoms with van der Waals surface area (Å²) in [5.41, 5.74) is 4.58. The van der Waals surface area contributed by atoms with E-state index in [0.717, 1.165) is 11.3 Å². The molecule has 2 N–H and O–H groups in total. The molecule has 0 aromatic heterocycles. The van der Waals surface area contributed by atoms with Gasteiger partial charge in [0.05, 0.1) is 16.8 Å². The zero-order valence-electron chi connectivity index (χ0n) is 10.9. The van der Waals surface area contributed by atoms with Gasteiger partial charge in [0.2, 0.25) is 10.0 Å². The molecule has 0 aliphatic carbocycles. The molecule has 0 saturated heterocycles. The van der Waals surface area contributed by atoms with Crippen LogP contribution in [0.2, 0.25) is 0 Å². The first-order valence-corrected chi connectivity index (χ1v) is 7.48. The predicted molar refractivity (Wildman–Crippen MR) is 80.3 cm³/mol. The topological polar surface area (TPSA) is 70.6 Å². The summed E-state index contributed by atoms with van der Waals surface area (Å²) in [6, 6.07) is 16.0. The Morgan fingerprint density at radius 3 is 2.25 bits per heavy atom. The molecule has 0 heterocycles. The Morgan fingerprint density at radius 1 is 1.00 bits per heavy atom. The van der Waals surface area contributed by atoms with Crippen LogP contribution in [0.3, 0.4) is 0 Å². The van der Waals surface area contributed by atoms with Gasteiger partial charge in [-0.25, -0.2) is 13.1 Å². The number of hydrogen-bond acceptors (Lipinski definition) is 4. The van der Waals surface area contributed by atoms with Gasteiger partial charge in [0, 0.05) is 0 Å². The molecule has 2 rings (SSSR count). The van der Waals surface area contributed by atoms with Crippen LogP contribution in [0.4, 0.5) is 5.69 Å². The van der Waals surface area contributed by atoms with Gasteiger partial charge in [-0.3, -0.25) is 5.43 Å². The fraction of sp³-hybridized carbons (Fsp3) is 0.0714. The SMILES string of the molecule is CNS(=O)(=O)c1ccc(C=NNc2ccccc2)cc1. The van der Waals surface area contributed by atoms with Gasteiger partial charge >= 0.3 is 0 Å². The van der Waals surface area contributed by atoms with Crippen LogP contribution in [0.5, 0.6) is 0 Å². The first kappa shape index (κ1) is 14.2. The summed E-state index contributed by atoms with van der Waals surface area (Å²) in [6.45, 7) is 0. The van der Waals surface area contributed by atoms with Crippen molar-refractivity contribution in [2.24, 2.45) is 5.10 Å². The minimum Gasteiger partial charge on any atom is -0.279 e. The molecular formula is C14H15N3O2S. The number of benzene rings is 2. The molecule has 6 heteroatoms. The largest absolute Gasteiger partial charge is 0.279 e. The number of para-hydroxylation sites is 1.